The van der Waals surface area contributed by atoms with Gasteiger partial charge in [0.05, 0.1) is 11.3 Å². The van der Waals surface area contributed by atoms with Crippen molar-refractivity contribution in [3.05, 3.63) is 40.2 Å². The number of halogens is 1. The number of pyridine rings is 2. The van der Waals surface area contributed by atoms with E-state index < -0.39 is 22.8 Å². The second-order valence-electron chi connectivity index (χ2n) is 7.11. The average Bonchev–Trinajstić information content (AvgIpc) is 3.20. The molecule has 0 amide bonds. The van der Waals surface area contributed by atoms with Gasteiger partial charge >= 0.3 is 5.97 Å². The summed E-state index contributed by atoms with van der Waals surface area (Å²) in [5, 5.41) is 9.48. The molecule has 0 spiro atoms. The third kappa shape index (κ3) is 3.45. The van der Waals surface area contributed by atoms with E-state index in [0.29, 0.717) is 24.6 Å². The van der Waals surface area contributed by atoms with E-state index in [9.17, 15) is 23.9 Å². The number of aromatic nitrogens is 4. The van der Waals surface area contributed by atoms with Crippen LogP contribution in [0.1, 0.15) is 36.5 Å². The molecule has 9 nitrogen and oxygen atoms in total. The molecule has 0 aliphatic carbocycles. The lowest BCUT2D eigenvalue weighted by atomic mass is 9.92. The minimum absolute atomic E-state index is 0.0165. The minimum atomic E-state index is -1.43. The zero-order valence-corrected chi connectivity index (χ0v) is 16.9. The fraction of sp³-hybridized carbons (Fsp3) is 0.368. The Morgan fingerprint density at radius 2 is 2.13 bits per heavy atom. The number of carbonyl (C=O) groups is 2. The lowest BCUT2D eigenvalue weighted by Gasteiger charge is -2.39. The second-order valence-corrected chi connectivity index (χ2v) is 7.87. The summed E-state index contributed by atoms with van der Waals surface area (Å²) in [4.78, 5) is 46.2. The van der Waals surface area contributed by atoms with Crippen LogP contribution in [0.25, 0.3) is 16.2 Å². The second kappa shape index (κ2) is 7.90. The Morgan fingerprint density at radius 1 is 1.37 bits per heavy atom. The van der Waals surface area contributed by atoms with Gasteiger partial charge in [-0.15, -0.1) is 0 Å². The summed E-state index contributed by atoms with van der Waals surface area (Å²) in [6.45, 7) is 2.73. The summed E-state index contributed by atoms with van der Waals surface area (Å²) in [7, 11) is 0. The lowest BCUT2D eigenvalue weighted by molar-refractivity contribution is -0.123. The minimum Gasteiger partial charge on any atom is -0.477 e. The quantitative estimate of drug-likeness (QED) is 0.605. The molecule has 3 aromatic heterocycles. The first-order chi connectivity index (χ1) is 14.4. The molecule has 0 bridgehead atoms. The first kappa shape index (κ1) is 20.1. The predicted octanol–water partition coefficient (Wildman–Crippen LogP) is 2.27. The summed E-state index contributed by atoms with van der Waals surface area (Å²) >= 11 is 0.982. The number of unbranched alkanes of at least 4 members (excludes halogenated alkanes) is 1. The highest BCUT2D eigenvalue weighted by Gasteiger charge is 2.34. The van der Waals surface area contributed by atoms with E-state index in [1.54, 1.807) is 4.90 Å². The number of carboxylic acid groups (broad SMARTS) is 1. The molecule has 3 aromatic rings. The highest BCUT2D eigenvalue weighted by atomic mass is 32.1. The molecule has 1 aliphatic heterocycles. The number of carboxylic acids is 1. The Kier molecular flexibility index (Phi) is 5.29. The Labute approximate surface area is 174 Å². The van der Waals surface area contributed by atoms with Crippen LogP contribution in [-0.2, 0) is 4.79 Å². The number of nitrogens with zero attached hydrogens (tertiary/aromatic N) is 5. The normalized spacial score (nSPS) is 14.1. The van der Waals surface area contributed by atoms with Gasteiger partial charge in [0.1, 0.15) is 17.7 Å². The smallest absolute Gasteiger partial charge is 0.341 e. The molecular weight excluding hydrogens is 413 g/mol. The third-order valence-corrected chi connectivity index (χ3v) is 5.78. The van der Waals surface area contributed by atoms with E-state index in [1.807, 2.05) is 6.92 Å². The standard InChI is InChI=1S/C19H18FN5O4S/c1-2-3-4-14(26)10-6-24(7-10)17-13(20)5-11-15(27)12(18(28)29)8-25(16(11)23-17)19-21-9-22-30-19/h5,8-10H,2-4,6-7H2,1H3,(H,28,29). The predicted molar refractivity (Wildman–Crippen MR) is 108 cm³/mol. The van der Waals surface area contributed by atoms with E-state index in [2.05, 4.69) is 14.3 Å². The van der Waals surface area contributed by atoms with Gasteiger partial charge in [-0.1, -0.05) is 13.3 Å². The topological polar surface area (TPSA) is 118 Å². The van der Waals surface area contributed by atoms with E-state index in [4.69, 9.17) is 0 Å². The first-order valence-corrected chi connectivity index (χ1v) is 10.2. The highest BCUT2D eigenvalue weighted by molar-refractivity contribution is 7.08. The number of hydrogen-bond acceptors (Lipinski definition) is 8. The van der Waals surface area contributed by atoms with Crippen LogP contribution in [0.4, 0.5) is 10.2 Å². The van der Waals surface area contributed by atoms with Crippen molar-refractivity contribution in [1.29, 1.82) is 0 Å². The fourth-order valence-corrected chi connectivity index (χ4v) is 3.93. The molecule has 30 heavy (non-hydrogen) atoms. The SMILES string of the molecule is CCCCC(=O)C1CN(c2nc3c(cc2F)c(=O)c(C(=O)O)cn3-c2ncns2)C1. The summed E-state index contributed by atoms with van der Waals surface area (Å²) in [5.41, 5.74) is -1.26. The largest absolute Gasteiger partial charge is 0.477 e. The van der Waals surface area contributed by atoms with Gasteiger partial charge in [0, 0.05) is 37.2 Å². The van der Waals surface area contributed by atoms with Crippen LogP contribution in [0.5, 0.6) is 0 Å². The molecule has 156 valence electrons. The number of Topliss-reactive ketones (excluding diaryl/α,β-unsaturated/α-hetero) is 1. The van der Waals surface area contributed by atoms with E-state index in [-0.39, 0.29) is 28.6 Å². The maximum Gasteiger partial charge on any atom is 0.341 e. The van der Waals surface area contributed by atoms with Crippen LogP contribution in [0.2, 0.25) is 0 Å². The highest BCUT2D eigenvalue weighted by Crippen LogP contribution is 2.29. The van der Waals surface area contributed by atoms with Crippen molar-refractivity contribution in [2.45, 2.75) is 26.2 Å². The maximum absolute atomic E-state index is 14.8. The number of ketones is 1. The van der Waals surface area contributed by atoms with Crippen LogP contribution in [0.3, 0.4) is 0 Å². The number of carbonyl (C=O) groups excluding carboxylic acids is 1. The number of anilines is 1. The van der Waals surface area contributed by atoms with E-state index in [0.717, 1.165) is 36.6 Å². The molecule has 0 aromatic carbocycles. The third-order valence-electron chi connectivity index (χ3n) is 5.11. The molecule has 1 saturated heterocycles. The number of rotatable bonds is 7. The van der Waals surface area contributed by atoms with Crippen LogP contribution in [0, 0.1) is 11.7 Å². The molecular formula is C19H18FN5O4S. The molecule has 0 radical (unpaired) electrons. The van der Waals surface area contributed by atoms with Gasteiger partial charge in [-0.2, -0.15) is 4.37 Å². The number of hydrogen-bond donors (Lipinski definition) is 1. The molecule has 1 aliphatic rings. The molecule has 11 heteroatoms. The molecule has 0 unspecified atom stereocenters. The molecule has 0 atom stereocenters. The summed E-state index contributed by atoms with van der Waals surface area (Å²) < 4.78 is 20.0. The van der Waals surface area contributed by atoms with Crippen LogP contribution < -0.4 is 10.3 Å². The van der Waals surface area contributed by atoms with Crippen molar-refractivity contribution < 1.29 is 19.1 Å². The number of fused-ring (bicyclic) bond motifs is 1. The monoisotopic (exact) mass is 431 g/mol. The first-order valence-electron chi connectivity index (χ1n) is 9.44. The van der Waals surface area contributed by atoms with Crippen molar-refractivity contribution in [2.24, 2.45) is 5.92 Å². The van der Waals surface area contributed by atoms with Crippen LogP contribution >= 0.6 is 11.5 Å². The molecule has 1 fully saturated rings. The average molecular weight is 431 g/mol. The van der Waals surface area contributed by atoms with Gasteiger partial charge in [0.2, 0.25) is 10.6 Å². The van der Waals surface area contributed by atoms with Crippen LogP contribution in [-0.4, -0.2) is 48.9 Å². The van der Waals surface area contributed by atoms with Gasteiger partial charge in [-0.3, -0.25) is 14.2 Å². The van der Waals surface area contributed by atoms with E-state index in [1.165, 1.54) is 10.9 Å². The Bertz CT molecular complexity index is 1190. The van der Waals surface area contributed by atoms with Crippen molar-refractivity contribution in [3.8, 4) is 5.13 Å². The lowest BCUT2D eigenvalue weighted by Crippen LogP contribution is -2.51. The maximum atomic E-state index is 14.8. The van der Waals surface area contributed by atoms with Crippen LogP contribution in [0.15, 0.2) is 23.4 Å². The van der Waals surface area contributed by atoms with Crippen molar-refractivity contribution >= 4 is 40.1 Å². The molecule has 4 heterocycles. The Balaban J connectivity index is 1.76. The summed E-state index contributed by atoms with van der Waals surface area (Å²) in [6, 6.07) is 0.996. The zero-order chi connectivity index (χ0) is 21.4. The van der Waals surface area contributed by atoms with Crippen molar-refractivity contribution in [2.75, 3.05) is 18.0 Å². The van der Waals surface area contributed by atoms with Crippen molar-refractivity contribution in [3.63, 3.8) is 0 Å². The van der Waals surface area contributed by atoms with Crippen molar-refractivity contribution in [1.82, 2.24) is 18.9 Å². The number of aromatic carboxylic acids is 1. The molecule has 4 rings (SSSR count). The van der Waals surface area contributed by atoms with Gasteiger partial charge in [0.15, 0.2) is 17.3 Å². The summed E-state index contributed by atoms with van der Waals surface area (Å²) in [6.07, 6.45) is 4.69. The van der Waals surface area contributed by atoms with Gasteiger partial charge < -0.3 is 10.0 Å². The molecule has 1 N–H and O–H groups in total. The Hall–Kier alpha value is -3.21. The van der Waals surface area contributed by atoms with Gasteiger partial charge in [0.25, 0.3) is 0 Å². The van der Waals surface area contributed by atoms with Gasteiger partial charge in [-0.05, 0) is 12.5 Å². The molecule has 0 saturated carbocycles. The summed E-state index contributed by atoms with van der Waals surface area (Å²) in [5.74, 6) is -2.16. The van der Waals surface area contributed by atoms with Gasteiger partial charge in [-0.25, -0.2) is 19.2 Å². The fourth-order valence-electron chi connectivity index (χ4n) is 3.42. The Morgan fingerprint density at radius 3 is 2.77 bits per heavy atom. The zero-order valence-electron chi connectivity index (χ0n) is 16.0. The van der Waals surface area contributed by atoms with E-state index >= 15 is 0 Å².